The third-order valence-electron chi connectivity index (χ3n) is 3.30. The van der Waals surface area contributed by atoms with Crippen LogP contribution in [-0.4, -0.2) is 40.6 Å². The summed E-state index contributed by atoms with van der Waals surface area (Å²) in [5.74, 6) is -1.71. The van der Waals surface area contributed by atoms with E-state index in [9.17, 15) is 9.59 Å². The second-order valence-electron chi connectivity index (χ2n) is 4.81. The molecule has 0 spiro atoms. The van der Waals surface area contributed by atoms with E-state index >= 15 is 0 Å². The molecule has 1 aromatic heterocycles. The van der Waals surface area contributed by atoms with E-state index in [1.165, 1.54) is 0 Å². The highest BCUT2D eigenvalue weighted by atomic mass is 16.4. The summed E-state index contributed by atoms with van der Waals surface area (Å²) in [4.78, 5) is 25.9. The summed E-state index contributed by atoms with van der Waals surface area (Å²) in [6.45, 7) is -0.180. The minimum Gasteiger partial charge on any atom is -0.480 e. The first kappa shape index (κ1) is 15.0. The van der Waals surface area contributed by atoms with Gasteiger partial charge < -0.3 is 26.9 Å². The first-order chi connectivity index (χ1) is 10.0. The van der Waals surface area contributed by atoms with Crippen molar-refractivity contribution in [2.24, 2.45) is 11.5 Å². The van der Waals surface area contributed by atoms with Gasteiger partial charge >= 0.3 is 5.97 Å². The number of carboxylic acids is 1. The molecule has 1 heterocycles. The second kappa shape index (κ2) is 6.38. The molecule has 7 heteroatoms. The number of aromatic nitrogens is 1. The Morgan fingerprint density at radius 2 is 2.05 bits per heavy atom. The van der Waals surface area contributed by atoms with E-state index in [1.54, 1.807) is 6.20 Å². The van der Waals surface area contributed by atoms with Crippen molar-refractivity contribution in [3.05, 3.63) is 36.0 Å². The number of aliphatic carboxylic acids is 1. The van der Waals surface area contributed by atoms with Gasteiger partial charge in [-0.15, -0.1) is 0 Å². The van der Waals surface area contributed by atoms with Crippen LogP contribution >= 0.6 is 0 Å². The predicted octanol–water partition coefficient (Wildman–Crippen LogP) is -0.434. The Morgan fingerprint density at radius 3 is 2.71 bits per heavy atom. The monoisotopic (exact) mass is 290 g/mol. The van der Waals surface area contributed by atoms with Crippen LogP contribution in [0.4, 0.5) is 0 Å². The summed E-state index contributed by atoms with van der Waals surface area (Å²) in [5.41, 5.74) is 13.0. The lowest BCUT2D eigenvalue weighted by molar-refractivity contribution is -0.141. The van der Waals surface area contributed by atoms with E-state index in [2.05, 4.69) is 10.3 Å². The quantitative estimate of drug-likeness (QED) is 0.492. The van der Waals surface area contributed by atoms with Crippen molar-refractivity contribution in [3.63, 3.8) is 0 Å². The molecule has 0 fully saturated rings. The third-order valence-corrected chi connectivity index (χ3v) is 3.30. The minimum atomic E-state index is -1.18. The molecule has 7 nitrogen and oxygen atoms in total. The van der Waals surface area contributed by atoms with Crippen LogP contribution in [0, 0.1) is 0 Å². The number of hydrogen-bond acceptors (Lipinski definition) is 4. The van der Waals surface area contributed by atoms with E-state index in [-0.39, 0.29) is 6.54 Å². The number of aromatic amines is 1. The molecule has 0 unspecified atom stereocenters. The van der Waals surface area contributed by atoms with Gasteiger partial charge in [-0.25, -0.2) is 4.79 Å². The van der Waals surface area contributed by atoms with Gasteiger partial charge in [-0.1, -0.05) is 18.2 Å². The number of fused-ring (bicyclic) bond motifs is 1. The molecule has 0 saturated carbocycles. The number of para-hydroxylation sites is 1. The molecule has 7 N–H and O–H groups in total. The molecule has 0 saturated heterocycles. The molecule has 21 heavy (non-hydrogen) atoms. The van der Waals surface area contributed by atoms with Crippen LogP contribution in [0.3, 0.4) is 0 Å². The van der Waals surface area contributed by atoms with E-state index in [0.717, 1.165) is 16.5 Å². The topological polar surface area (TPSA) is 134 Å². The van der Waals surface area contributed by atoms with Crippen LogP contribution < -0.4 is 16.8 Å². The van der Waals surface area contributed by atoms with E-state index in [1.807, 2.05) is 24.3 Å². The van der Waals surface area contributed by atoms with E-state index in [0.29, 0.717) is 6.42 Å². The van der Waals surface area contributed by atoms with E-state index < -0.39 is 24.0 Å². The van der Waals surface area contributed by atoms with Gasteiger partial charge in [-0.2, -0.15) is 0 Å². The molecular weight excluding hydrogens is 272 g/mol. The molecule has 0 aliphatic rings. The number of nitrogens with two attached hydrogens (primary N) is 2. The van der Waals surface area contributed by atoms with Crippen molar-refractivity contribution < 1.29 is 14.7 Å². The standard InChI is InChI=1S/C14H18N4O3/c15-6-12(14(20)21)18-13(19)10(16)5-8-7-17-11-4-2-1-3-9(8)11/h1-4,7,10,12,17H,5-6,15-16H2,(H,18,19)(H,20,21)/t10-,12-/m0/s1. The zero-order valence-corrected chi connectivity index (χ0v) is 11.4. The number of amides is 1. The Hall–Kier alpha value is -2.38. The zero-order chi connectivity index (χ0) is 15.4. The number of rotatable bonds is 6. The van der Waals surface area contributed by atoms with Crippen molar-refractivity contribution in [2.45, 2.75) is 18.5 Å². The first-order valence-electron chi connectivity index (χ1n) is 6.56. The first-order valence-corrected chi connectivity index (χ1v) is 6.56. The summed E-state index contributed by atoms with van der Waals surface area (Å²) >= 11 is 0. The summed E-state index contributed by atoms with van der Waals surface area (Å²) < 4.78 is 0. The van der Waals surface area contributed by atoms with Crippen LogP contribution in [0.5, 0.6) is 0 Å². The van der Waals surface area contributed by atoms with Crippen molar-refractivity contribution in [2.75, 3.05) is 6.54 Å². The largest absolute Gasteiger partial charge is 0.480 e. The average molecular weight is 290 g/mol. The molecule has 2 atom stereocenters. The fourth-order valence-electron chi connectivity index (χ4n) is 2.13. The molecule has 0 aliphatic carbocycles. The van der Waals surface area contributed by atoms with E-state index in [4.69, 9.17) is 16.6 Å². The normalized spacial score (nSPS) is 13.8. The smallest absolute Gasteiger partial charge is 0.327 e. The lowest BCUT2D eigenvalue weighted by Crippen LogP contribution is -2.51. The van der Waals surface area contributed by atoms with Crippen molar-refractivity contribution >= 4 is 22.8 Å². The number of benzene rings is 1. The molecule has 0 radical (unpaired) electrons. The van der Waals surface area contributed by atoms with Crippen molar-refractivity contribution in [3.8, 4) is 0 Å². The number of carboxylic acid groups (broad SMARTS) is 1. The third kappa shape index (κ3) is 3.39. The van der Waals surface area contributed by atoms with Crippen LogP contribution in [0.25, 0.3) is 10.9 Å². The maximum atomic E-state index is 11.9. The van der Waals surface area contributed by atoms with Gasteiger partial charge in [-0.05, 0) is 18.1 Å². The SMILES string of the molecule is NC[C@H](NC(=O)[C@@H](N)Cc1c[nH]c2ccccc12)C(=O)O. The molecule has 1 aromatic carbocycles. The number of nitrogens with one attached hydrogen (secondary N) is 2. The highest BCUT2D eigenvalue weighted by Gasteiger charge is 2.22. The van der Waals surface area contributed by atoms with Gasteiger partial charge in [0, 0.05) is 23.6 Å². The van der Waals surface area contributed by atoms with Crippen LogP contribution in [0.15, 0.2) is 30.5 Å². The minimum absolute atomic E-state index is 0.180. The highest BCUT2D eigenvalue weighted by Crippen LogP contribution is 2.18. The van der Waals surface area contributed by atoms with Crippen LogP contribution in [-0.2, 0) is 16.0 Å². The lowest BCUT2D eigenvalue weighted by atomic mass is 10.0. The fraction of sp³-hybridized carbons (Fsp3) is 0.286. The number of carbonyl (C=O) groups is 2. The molecule has 0 aliphatic heterocycles. The van der Waals surface area contributed by atoms with Crippen molar-refractivity contribution in [1.82, 2.24) is 10.3 Å². The maximum absolute atomic E-state index is 11.9. The zero-order valence-electron chi connectivity index (χ0n) is 11.4. The summed E-state index contributed by atoms with van der Waals surface area (Å²) in [5, 5.41) is 12.2. The Morgan fingerprint density at radius 1 is 1.33 bits per heavy atom. The molecule has 0 bridgehead atoms. The Kier molecular flexibility index (Phi) is 4.56. The molecular formula is C14H18N4O3. The van der Waals surface area contributed by atoms with Crippen LogP contribution in [0.2, 0.25) is 0 Å². The molecule has 1 amide bonds. The summed E-state index contributed by atoms with van der Waals surface area (Å²) in [6, 6.07) is 5.73. The number of H-pyrrole nitrogens is 1. The summed E-state index contributed by atoms with van der Waals surface area (Å²) in [7, 11) is 0. The fourth-order valence-corrected chi connectivity index (χ4v) is 2.13. The second-order valence-corrected chi connectivity index (χ2v) is 4.81. The number of carbonyl (C=O) groups excluding carboxylic acids is 1. The van der Waals surface area contributed by atoms with Gasteiger partial charge in [0.25, 0.3) is 0 Å². The highest BCUT2D eigenvalue weighted by molar-refractivity contribution is 5.88. The Balaban J connectivity index is 2.05. The predicted molar refractivity (Wildman–Crippen MR) is 78.6 cm³/mol. The lowest BCUT2D eigenvalue weighted by Gasteiger charge is -2.16. The van der Waals surface area contributed by atoms with Crippen molar-refractivity contribution in [1.29, 1.82) is 0 Å². The van der Waals surface area contributed by atoms with Gasteiger partial charge in [0.2, 0.25) is 5.91 Å². The maximum Gasteiger partial charge on any atom is 0.327 e. The Bertz CT molecular complexity index is 652. The van der Waals surface area contributed by atoms with Gasteiger partial charge in [0.15, 0.2) is 0 Å². The van der Waals surface area contributed by atoms with Gasteiger partial charge in [0.1, 0.15) is 6.04 Å². The molecule has 112 valence electrons. The van der Waals surface area contributed by atoms with Gasteiger partial charge in [-0.3, -0.25) is 4.79 Å². The van der Waals surface area contributed by atoms with Gasteiger partial charge in [0.05, 0.1) is 6.04 Å². The summed E-state index contributed by atoms with van der Waals surface area (Å²) in [6.07, 6.45) is 2.11. The number of hydrogen-bond donors (Lipinski definition) is 5. The Labute approximate surface area is 121 Å². The van der Waals surface area contributed by atoms with Crippen LogP contribution in [0.1, 0.15) is 5.56 Å². The molecule has 2 rings (SSSR count). The average Bonchev–Trinajstić information content (AvgIpc) is 2.87. The molecule has 2 aromatic rings.